The van der Waals surface area contributed by atoms with Gasteiger partial charge in [0, 0.05) is 31.2 Å². The van der Waals surface area contributed by atoms with Gasteiger partial charge in [0.15, 0.2) is 0 Å². The molecule has 2 rings (SSSR count). The highest BCUT2D eigenvalue weighted by Gasteiger charge is 2.23. The van der Waals surface area contributed by atoms with Gasteiger partial charge in [-0.3, -0.25) is 9.52 Å². The van der Waals surface area contributed by atoms with Crippen molar-refractivity contribution in [3.63, 3.8) is 0 Å². The molecule has 0 spiro atoms. The van der Waals surface area contributed by atoms with E-state index in [9.17, 15) is 17.6 Å². The molecule has 0 aliphatic carbocycles. The third-order valence-corrected chi connectivity index (χ3v) is 4.27. The Morgan fingerprint density at radius 2 is 2.22 bits per heavy atom. The van der Waals surface area contributed by atoms with E-state index in [4.69, 9.17) is 4.74 Å². The average molecular weight is 344 g/mol. The number of carbonyl (C=O) groups excluding carboxylic acids is 1. The molecule has 1 unspecified atom stereocenters. The van der Waals surface area contributed by atoms with Crippen molar-refractivity contribution in [1.82, 2.24) is 4.90 Å². The fourth-order valence-corrected chi connectivity index (χ4v) is 3.07. The SMILES string of the molecule is CCN(CC1CCOC1)C(=O)c1ccc(F)c(NS(C)(=O)=O)c1. The number of nitrogens with zero attached hydrogens (tertiary/aromatic N) is 1. The van der Waals surface area contributed by atoms with E-state index in [0.29, 0.717) is 32.2 Å². The van der Waals surface area contributed by atoms with Crippen LogP contribution in [-0.2, 0) is 14.8 Å². The Labute approximate surface area is 135 Å². The zero-order chi connectivity index (χ0) is 17.0. The van der Waals surface area contributed by atoms with E-state index in [1.54, 1.807) is 4.90 Å². The zero-order valence-corrected chi connectivity index (χ0v) is 14.0. The molecule has 1 fully saturated rings. The first-order valence-electron chi connectivity index (χ1n) is 7.44. The predicted molar refractivity (Wildman–Crippen MR) is 85.4 cm³/mol. The highest BCUT2D eigenvalue weighted by Crippen LogP contribution is 2.20. The largest absolute Gasteiger partial charge is 0.381 e. The summed E-state index contributed by atoms with van der Waals surface area (Å²) in [6, 6.07) is 3.68. The van der Waals surface area contributed by atoms with Gasteiger partial charge in [0.1, 0.15) is 5.82 Å². The van der Waals surface area contributed by atoms with E-state index in [2.05, 4.69) is 4.72 Å². The van der Waals surface area contributed by atoms with Crippen LogP contribution < -0.4 is 4.72 Å². The van der Waals surface area contributed by atoms with Crippen LogP contribution in [0.25, 0.3) is 0 Å². The fraction of sp³-hybridized carbons (Fsp3) is 0.533. The van der Waals surface area contributed by atoms with Gasteiger partial charge >= 0.3 is 0 Å². The van der Waals surface area contributed by atoms with E-state index in [1.807, 2.05) is 6.92 Å². The molecule has 0 radical (unpaired) electrons. The number of carbonyl (C=O) groups is 1. The van der Waals surface area contributed by atoms with Crippen LogP contribution in [0, 0.1) is 11.7 Å². The second-order valence-electron chi connectivity index (χ2n) is 5.64. The van der Waals surface area contributed by atoms with Crippen LogP contribution in [0.4, 0.5) is 10.1 Å². The van der Waals surface area contributed by atoms with Gasteiger partial charge in [0.2, 0.25) is 10.0 Å². The minimum atomic E-state index is -3.62. The molecule has 0 bridgehead atoms. The molecule has 1 heterocycles. The van der Waals surface area contributed by atoms with Crippen molar-refractivity contribution >= 4 is 21.6 Å². The van der Waals surface area contributed by atoms with Gasteiger partial charge < -0.3 is 9.64 Å². The Balaban J connectivity index is 2.18. The molecule has 1 aromatic carbocycles. The van der Waals surface area contributed by atoms with Crippen LogP contribution in [0.5, 0.6) is 0 Å². The van der Waals surface area contributed by atoms with Crippen molar-refractivity contribution in [1.29, 1.82) is 0 Å². The molecule has 1 saturated heterocycles. The number of hydrogen-bond donors (Lipinski definition) is 1. The minimum absolute atomic E-state index is 0.224. The second kappa shape index (κ2) is 7.27. The maximum atomic E-state index is 13.7. The van der Waals surface area contributed by atoms with E-state index in [1.165, 1.54) is 12.1 Å². The number of hydrogen-bond acceptors (Lipinski definition) is 4. The summed E-state index contributed by atoms with van der Waals surface area (Å²) >= 11 is 0. The molecule has 1 N–H and O–H groups in total. The van der Waals surface area contributed by atoms with E-state index < -0.39 is 15.8 Å². The fourth-order valence-electron chi connectivity index (χ4n) is 2.51. The van der Waals surface area contributed by atoms with E-state index in [-0.39, 0.29) is 17.2 Å². The number of sulfonamides is 1. The van der Waals surface area contributed by atoms with Gasteiger partial charge in [-0.2, -0.15) is 0 Å². The van der Waals surface area contributed by atoms with Crippen molar-refractivity contribution in [3.8, 4) is 0 Å². The molecule has 0 aromatic heterocycles. The first kappa shape index (κ1) is 17.7. The molecular formula is C15H21FN2O4S. The second-order valence-corrected chi connectivity index (χ2v) is 7.39. The number of benzene rings is 1. The van der Waals surface area contributed by atoms with E-state index in [0.717, 1.165) is 18.7 Å². The summed E-state index contributed by atoms with van der Waals surface area (Å²) in [6.45, 7) is 4.29. The molecule has 8 heteroatoms. The summed E-state index contributed by atoms with van der Waals surface area (Å²) in [5, 5.41) is 0. The zero-order valence-electron chi connectivity index (χ0n) is 13.2. The molecule has 128 valence electrons. The van der Waals surface area contributed by atoms with Gasteiger partial charge in [-0.25, -0.2) is 12.8 Å². The number of ether oxygens (including phenoxy) is 1. The lowest BCUT2D eigenvalue weighted by Gasteiger charge is -2.24. The predicted octanol–water partition coefficient (Wildman–Crippen LogP) is 1.70. The molecule has 1 atom stereocenters. The Morgan fingerprint density at radius 3 is 2.78 bits per heavy atom. The minimum Gasteiger partial charge on any atom is -0.381 e. The Hall–Kier alpha value is -1.67. The summed E-state index contributed by atoms with van der Waals surface area (Å²) in [4.78, 5) is 14.2. The van der Waals surface area contributed by atoms with Crippen molar-refractivity contribution in [2.24, 2.45) is 5.92 Å². The summed E-state index contributed by atoms with van der Waals surface area (Å²) in [5.41, 5.74) is 0.0249. The quantitative estimate of drug-likeness (QED) is 0.852. The Morgan fingerprint density at radius 1 is 1.48 bits per heavy atom. The Kier molecular flexibility index (Phi) is 5.59. The molecule has 6 nitrogen and oxygen atoms in total. The van der Waals surface area contributed by atoms with Crippen molar-refractivity contribution in [3.05, 3.63) is 29.6 Å². The molecule has 1 amide bonds. The lowest BCUT2D eigenvalue weighted by Crippen LogP contribution is -2.35. The maximum Gasteiger partial charge on any atom is 0.253 e. The van der Waals surface area contributed by atoms with Crippen molar-refractivity contribution in [2.75, 3.05) is 37.3 Å². The molecule has 1 aliphatic rings. The van der Waals surface area contributed by atoms with Crippen LogP contribution in [0.1, 0.15) is 23.7 Å². The van der Waals surface area contributed by atoms with Crippen molar-refractivity contribution < 1.29 is 22.3 Å². The highest BCUT2D eigenvalue weighted by molar-refractivity contribution is 7.92. The number of halogens is 1. The first-order valence-corrected chi connectivity index (χ1v) is 9.33. The number of amides is 1. The van der Waals surface area contributed by atoms with Crippen LogP contribution in [0.15, 0.2) is 18.2 Å². The molecule has 23 heavy (non-hydrogen) atoms. The highest BCUT2D eigenvalue weighted by atomic mass is 32.2. The van der Waals surface area contributed by atoms with Crippen LogP contribution in [-0.4, -0.2) is 51.8 Å². The van der Waals surface area contributed by atoms with Gasteiger partial charge in [-0.15, -0.1) is 0 Å². The van der Waals surface area contributed by atoms with E-state index >= 15 is 0 Å². The normalized spacial score (nSPS) is 18.0. The summed E-state index contributed by atoms with van der Waals surface area (Å²) < 4.78 is 43.6. The summed E-state index contributed by atoms with van der Waals surface area (Å²) in [6.07, 6.45) is 1.84. The maximum absolute atomic E-state index is 13.7. The summed E-state index contributed by atoms with van der Waals surface area (Å²) in [5.74, 6) is -0.678. The number of nitrogens with one attached hydrogen (secondary N) is 1. The van der Waals surface area contributed by atoms with Gasteiger partial charge in [-0.05, 0) is 31.5 Å². The van der Waals surface area contributed by atoms with Crippen LogP contribution in [0.2, 0.25) is 0 Å². The van der Waals surface area contributed by atoms with Crippen LogP contribution >= 0.6 is 0 Å². The Bertz CT molecular complexity index is 672. The van der Waals surface area contributed by atoms with Gasteiger partial charge in [0.25, 0.3) is 5.91 Å². The lowest BCUT2D eigenvalue weighted by atomic mass is 10.1. The van der Waals surface area contributed by atoms with Crippen molar-refractivity contribution in [2.45, 2.75) is 13.3 Å². The number of rotatable bonds is 6. The van der Waals surface area contributed by atoms with Gasteiger partial charge in [-0.1, -0.05) is 0 Å². The van der Waals surface area contributed by atoms with Crippen LogP contribution in [0.3, 0.4) is 0 Å². The smallest absolute Gasteiger partial charge is 0.253 e. The van der Waals surface area contributed by atoms with Gasteiger partial charge in [0.05, 0.1) is 18.6 Å². The lowest BCUT2D eigenvalue weighted by molar-refractivity contribution is 0.0731. The monoisotopic (exact) mass is 344 g/mol. The molecule has 0 saturated carbocycles. The topological polar surface area (TPSA) is 75.7 Å². The molecule has 1 aromatic rings. The average Bonchev–Trinajstić information content (AvgIpc) is 2.98. The summed E-state index contributed by atoms with van der Waals surface area (Å²) in [7, 11) is -3.62. The number of anilines is 1. The first-order chi connectivity index (χ1) is 10.8. The standard InChI is InChI=1S/C15H21FN2O4S/c1-3-18(9-11-6-7-22-10-11)15(19)12-4-5-13(16)14(8-12)17-23(2,20)21/h4-5,8,11,17H,3,6-7,9-10H2,1-2H3. The third kappa shape index (κ3) is 4.90. The third-order valence-electron chi connectivity index (χ3n) is 3.68. The molecule has 1 aliphatic heterocycles. The molecular weight excluding hydrogens is 323 g/mol.